The van der Waals surface area contributed by atoms with E-state index in [1.807, 2.05) is 0 Å². The summed E-state index contributed by atoms with van der Waals surface area (Å²) in [6.07, 6.45) is 7.11. The molecule has 1 saturated heterocycles. The lowest BCUT2D eigenvalue weighted by atomic mass is 9.32. The van der Waals surface area contributed by atoms with Crippen LogP contribution in [0.5, 0.6) is 0 Å². The SMILES string of the molecule is CC1=CC=CC(C2OC3C4=C(OC3C2c2ccc(C)cc2)N(c2ccccc2)c2cc(-n3c5ccccc5c5ccccc53)cc3c2B4c2ccc4oc5ccccc5c4c2N3c2ccccc2)C1. The summed E-state index contributed by atoms with van der Waals surface area (Å²) < 4.78 is 24.8. The molecular weight excluding hydrogens is 846 g/mol. The fourth-order valence-electron chi connectivity index (χ4n) is 12.8. The van der Waals surface area contributed by atoms with Crippen molar-refractivity contribution in [1.29, 1.82) is 0 Å². The van der Waals surface area contributed by atoms with E-state index in [9.17, 15) is 0 Å². The van der Waals surface area contributed by atoms with Gasteiger partial charge in [0.15, 0.2) is 5.88 Å². The number of benzene rings is 8. The van der Waals surface area contributed by atoms with Crippen molar-refractivity contribution in [3.05, 3.63) is 228 Å². The highest BCUT2D eigenvalue weighted by Crippen LogP contribution is 2.56. The normalized spacial score (nSPS) is 21.2. The van der Waals surface area contributed by atoms with Crippen molar-refractivity contribution in [2.75, 3.05) is 9.80 Å². The van der Waals surface area contributed by atoms with E-state index in [-0.39, 0.29) is 36.9 Å². The minimum absolute atomic E-state index is 0.0145. The van der Waals surface area contributed by atoms with Crippen molar-refractivity contribution in [3.8, 4) is 5.69 Å². The fraction of sp³-hybridized carbons (Fsp3) is 0.129. The molecule has 15 rings (SSSR count). The molecule has 6 heterocycles. The van der Waals surface area contributed by atoms with Crippen molar-refractivity contribution in [3.63, 3.8) is 0 Å². The average molecular weight is 892 g/mol. The Kier molecular flexibility index (Phi) is 8.35. The maximum Gasteiger partial charge on any atom is 0.255 e. The molecule has 0 amide bonds. The maximum absolute atomic E-state index is 7.80. The number of nitrogens with zero attached hydrogens (tertiary/aromatic N) is 3. The molecule has 6 nitrogen and oxygen atoms in total. The minimum atomic E-state index is -0.321. The zero-order valence-corrected chi connectivity index (χ0v) is 38.3. The number of hydrogen-bond acceptors (Lipinski definition) is 5. The molecule has 10 aromatic rings. The third-order valence-corrected chi connectivity index (χ3v) is 15.6. The van der Waals surface area contributed by atoms with Crippen LogP contribution in [0.1, 0.15) is 30.4 Å². The van der Waals surface area contributed by atoms with Crippen molar-refractivity contribution < 1.29 is 13.9 Å². The van der Waals surface area contributed by atoms with E-state index in [4.69, 9.17) is 13.9 Å². The molecule has 0 bridgehead atoms. The quantitative estimate of drug-likeness (QED) is 0.161. The van der Waals surface area contributed by atoms with E-state index in [1.54, 1.807) is 0 Å². The number of hydrogen-bond donors (Lipinski definition) is 0. The highest BCUT2D eigenvalue weighted by Gasteiger charge is 2.61. The number of allylic oxidation sites excluding steroid dienone is 3. The minimum Gasteiger partial charge on any atom is -0.472 e. The van der Waals surface area contributed by atoms with Crippen molar-refractivity contribution in [2.24, 2.45) is 5.92 Å². The lowest BCUT2D eigenvalue weighted by molar-refractivity contribution is 0.0283. The first-order valence-corrected chi connectivity index (χ1v) is 24.3. The van der Waals surface area contributed by atoms with Gasteiger partial charge in [0.25, 0.3) is 6.71 Å². The standard InChI is InChI=1S/C62H46BN3O3/c1-37-28-30-39(31-29-37)54-59(40-17-15-16-38(2)34-40)68-61-57-62(69-60(54)61)66(42-20-7-4-8-21-42)51-36-43(64-48-25-12-9-22-44(48)45-23-10-13-26-49(45)64)35-50-56(51)63(57)47-32-33-53-55(46-24-11-14-27-52(46)67-53)58(47)65(50)41-18-5-3-6-19-41/h3-33,35-36,40,54,59-61H,34H2,1-2H3. The predicted molar refractivity (Wildman–Crippen MR) is 282 cm³/mol. The second-order valence-corrected chi connectivity index (χ2v) is 19.6. The third-order valence-electron chi connectivity index (χ3n) is 15.6. The van der Waals surface area contributed by atoms with Crippen molar-refractivity contribution in [1.82, 2.24) is 4.57 Å². The first kappa shape index (κ1) is 39.0. The molecule has 5 aliphatic rings. The Morgan fingerprint density at radius 2 is 1.22 bits per heavy atom. The van der Waals surface area contributed by atoms with E-state index in [0.29, 0.717) is 0 Å². The third kappa shape index (κ3) is 5.59. The second-order valence-electron chi connectivity index (χ2n) is 19.6. The van der Waals surface area contributed by atoms with E-state index in [0.717, 1.165) is 79.4 Å². The summed E-state index contributed by atoms with van der Waals surface area (Å²) in [5.74, 6) is 1.05. The Hall–Kier alpha value is -8.00. The molecule has 1 fully saturated rings. The first-order chi connectivity index (χ1) is 34.1. The van der Waals surface area contributed by atoms with Gasteiger partial charge in [0.2, 0.25) is 0 Å². The molecule has 8 aromatic carbocycles. The number of furan rings is 1. The molecule has 69 heavy (non-hydrogen) atoms. The lowest BCUT2D eigenvalue weighted by Crippen LogP contribution is -2.57. The zero-order valence-electron chi connectivity index (χ0n) is 38.3. The molecule has 7 heteroatoms. The molecule has 0 radical (unpaired) electrons. The molecule has 5 unspecified atom stereocenters. The molecule has 0 N–H and O–H groups in total. The van der Waals surface area contributed by atoms with E-state index in [1.165, 1.54) is 43.9 Å². The van der Waals surface area contributed by atoms with Crippen molar-refractivity contribution >= 4 is 89.8 Å². The van der Waals surface area contributed by atoms with E-state index >= 15 is 0 Å². The Balaban J connectivity index is 1.06. The maximum atomic E-state index is 7.80. The summed E-state index contributed by atoms with van der Waals surface area (Å²) in [5, 5.41) is 4.63. The summed E-state index contributed by atoms with van der Waals surface area (Å²) in [4.78, 5) is 4.93. The molecular formula is C62H46BN3O3. The van der Waals surface area contributed by atoms with Crippen molar-refractivity contribution in [2.45, 2.75) is 44.5 Å². The molecule has 4 aliphatic heterocycles. The van der Waals surface area contributed by atoms with Gasteiger partial charge in [-0.05, 0) is 97.4 Å². The smallest absolute Gasteiger partial charge is 0.255 e. The van der Waals surface area contributed by atoms with Crippen LogP contribution in [0.2, 0.25) is 0 Å². The van der Waals surface area contributed by atoms with Gasteiger partial charge < -0.3 is 23.4 Å². The summed E-state index contributed by atoms with van der Waals surface area (Å²) >= 11 is 0. The fourth-order valence-corrected chi connectivity index (χ4v) is 12.8. The van der Waals surface area contributed by atoms with Crippen LogP contribution in [0.4, 0.5) is 28.4 Å². The van der Waals surface area contributed by atoms with Crippen LogP contribution in [0.25, 0.3) is 49.4 Å². The Morgan fingerprint density at radius 3 is 1.93 bits per heavy atom. The van der Waals surface area contributed by atoms with Crippen LogP contribution in [0, 0.1) is 12.8 Å². The topological polar surface area (TPSA) is 43.0 Å². The lowest BCUT2D eigenvalue weighted by Gasteiger charge is -2.44. The molecule has 2 aromatic heterocycles. The number of anilines is 5. The number of aryl methyl sites for hydroxylation is 1. The summed E-state index contributed by atoms with van der Waals surface area (Å²) in [6.45, 7) is 4.20. The number of rotatable bonds is 5. The van der Waals surface area contributed by atoms with Gasteiger partial charge in [-0.1, -0.05) is 151 Å². The Labute approximate surface area is 400 Å². The summed E-state index contributed by atoms with van der Waals surface area (Å²) in [5.41, 5.74) is 18.0. The van der Waals surface area contributed by atoms with Crippen LogP contribution >= 0.6 is 0 Å². The van der Waals surface area contributed by atoms with E-state index in [2.05, 4.69) is 228 Å². The van der Waals surface area contributed by atoms with Gasteiger partial charge in [-0.15, -0.1) is 0 Å². The van der Waals surface area contributed by atoms with Crippen LogP contribution in [-0.4, -0.2) is 29.6 Å². The van der Waals surface area contributed by atoms with Gasteiger partial charge in [0.05, 0.1) is 39.8 Å². The number of aromatic nitrogens is 1. The Bertz CT molecular complexity index is 3800. The van der Waals surface area contributed by atoms with E-state index < -0.39 is 0 Å². The van der Waals surface area contributed by atoms with Gasteiger partial charge in [0, 0.05) is 50.3 Å². The van der Waals surface area contributed by atoms with Crippen LogP contribution < -0.4 is 20.7 Å². The highest BCUT2D eigenvalue weighted by molar-refractivity contribution is 6.95. The molecule has 5 atom stereocenters. The van der Waals surface area contributed by atoms with Crippen LogP contribution in [0.3, 0.4) is 0 Å². The summed E-state index contributed by atoms with van der Waals surface area (Å²) in [6, 6.07) is 66.3. The van der Waals surface area contributed by atoms with Gasteiger partial charge in [0.1, 0.15) is 23.4 Å². The number of fused-ring (bicyclic) bond motifs is 12. The average Bonchev–Trinajstić information content (AvgIpc) is 4.15. The molecule has 0 saturated carbocycles. The molecule has 330 valence electrons. The second kappa shape index (κ2) is 14.8. The molecule has 1 aliphatic carbocycles. The number of ether oxygens (including phenoxy) is 2. The monoisotopic (exact) mass is 891 g/mol. The van der Waals surface area contributed by atoms with Gasteiger partial charge in [-0.25, -0.2) is 0 Å². The van der Waals surface area contributed by atoms with Gasteiger partial charge in [-0.2, -0.15) is 0 Å². The van der Waals surface area contributed by atoms with Crippen LogP contribution in [0.15, 0.2) is 222 Å². The van der Waals surface area contributed by atoms with Crippen LogP contribution in [-0.2, 0) is 9.47 Å². The highest BCUT2D eigenvalue weighted by atomic mass is 16.6. The molecule has 0 spiro atoms. The first-order valence-electron chi connectivity index (χ1n) is 24.3. The summed E-state index contributed by atoms with van der Waals surface area (Å²) in [7, 11) is 0. The predicted octanol–water partition coefficient (Wildman–Crippen LogP) is 13.8. The van der Waals surface area contributed by atoms with Gasteiger partial charge in [-0.3, -0.25) is 4.90 Å². The Morgan fingerprint density at radius 1 is 0.580 bits per heavy atom. The number of para-hydroxylation sites is 5. The largest absolute Gasteiger partial charge is 0.472 e. The zero-order chi connectivity index (χ0) is 45.5. The van der Waals surface area contributed by atoms with Gasteiger partial charge >= 0.3 is 0 Å².